The summed E-state index contributed by atoms with van der Waals surface area (Å²) in [4.78, 5) is 11.3. The number of rotatable bonds is 2. The van der Waals surface area contributed by atoms with E-state index < -0.39 is 11.4 Å². The molecule has 0 aliphatic heterocycles. The van der Waals surface area contributed by atoms with Crippen LogP contribution in [0.2, 0.25) is 0 Å². The molecule has 0 bridgehead atoms. The lowest BCUT2D eigenvalue weighted by atomic mass is 10.1. The number of hydrogen-bond acceptors (Lipinski definition) is 4. The van der Waals surface area contributed by atoms with Gasteiger partial charge in [0, 0.05) is 0 Å². The van der Waals surface area contributed by atoms with Gasteiger partial charge in [-0.1, -0.05) is 0 Å². The molecule has 1 rings (SSSR count). The fourth-order valence-corrected chi connectivity index (χ4v) is 0.687. The lowest BCUT2D eigenvalue weighted by Gasteiger charge is -2.15. The first-order chi connectivity index (χ1) is 6.05. The van der Waals surface area contributed by atoms with E-state index in [1.165, 1.54) is 6.20 Å². The van der Waals surface area contributed by atoms with Crippen LogP contribution in [-0.4, -0.2) is 26.9 Å². The van der Waals surface area contributed by atoms with Gasteiger partial charge in [0.25, 0.3) is 5.91 Å². The number of aromatic amines is 1. The number of H-pyrrole nitrogens is 1. The standard InChI is InChI=1S/C7H9N5O/c1-7(2,4-8)10-6(13)5-3-9-12-11-5/h3H,1-2H3,(H,10,13)(H,9,11,12). The average Bonchev–Trinajstić information content (AvgIpc) is 2.55. The third-order valence-corrected chi connectivity index (χ3v) is 1.35. The molecule has 6 nitrogen and oxygen atoms in total. The molecule has 13 heavy (non-hydrogen) atoms. The fourth-order valence-electron chi connectivity index (χ4n) is 0.687. The molecule has 0 saturated heterocycles. The van der Waals surface area contributed by atoms with Gasteiger partial charge in [0.05, 0.1) is 12.3 Å². The van der Waals surface area contributed by atoms with E-state index in [1.807, 2.05) is 6.07 Å². The number of nitrogens with one attached hydrogen (secondary N) is 2. The van der Waals surface area contributed by atoms with Crippen LogP contribution in [0.4, 0.5) is 0 Å². The molecule has 2 N–H and O–H groups in total. The van der Waals surface area contributed by atoms with E-state index in [4.69, 9.17) is 5.26 Å². The van der Waals surface area contributed by atoms with Crippen molar-refractivity contribution in [2.24, 2.45) is 0 Å². The van der Waals surface area contributed by atoms with Crippen molar-refractivity contribution in [2.45, 2.75) is 19.4 Å². The van der Waals surface area contributed by atoms with Crippen LogP contribution >= 0.6 is 0 Å². The topological polar surface area (TPSA) is 94.5 Å². The van der Waals surface area contributed by atoms with E-state index in [-0.39, 0.29) is 5.69 Å². The normalized spacial score (nSPS) is 10.5. The monoisotopic (exact) mass is 179 g/mol. The Bertz CT molecular complexity index is 334. The highest BCUT2D eigenvalue weighted by atomic mass is 16.2. The van der Waals surface area contributed by atoms with Crippen LogP contribution in [0.5, 0.6) is 0 Å². The minimum absolute atomic E-state index is 0.170. The van der Waals surface area contributed by atoms with Gasteiger partial charge >= 0.3 is 0 Å². The summed E-state index contributed by atoms with van der Waals surface area (Å²) in [6.45, 7) is 3.20. The van der Waals surface area contributed by atoms with Gasteiger partial charge in [0.2, 0.25) is 0 Å². The van der Waals surface area contributed by atoms with Crippen molar-refractivity contribution < 1.29 is 4.79 Å². The SMILES string of the molecule is CC(C)(C#N)NC(=O)c1cn[nH]n1. The summed E-state index contributed by atoms with van der Waals surface area (Å²) in [6, 6.07) is 1.94. The Labute approximate surface area is 74.9 Å². The summed E-state index contributed by atoms with van der Waals surface area (Å²) in [6.07, 6.45) is 1.29. The van der Waals surface area contributed by atoms with E-state index in [0.717, 1.165) is 0 Å². The molecule has 0 aliphatic carbocycles. The molecule has 6 heteroatoms. The fraction of sp³-hybridized carbons (Fsp3) is 0.429. The number of nitriles is 1. The number of hydrogen-bond donors (Lipinski definition) is 2. The van der Waals surface area contributed by atoms with E-state index in [0.29, 0.717) is 0 Å². The highest BCUT2D eigenvalue weighted by Crippen LogP contribution is 2.00. The lowest BCUT2D eigenvalue weighted by Crippen LogP contribution is -2.42. The van der Waals surface area contributed by atoms with Crippen molar-refractivity contribution >= 4 is 5.91 Å². The molecule has 0 aromatic carbocycles. The van der Waals surface area contributed by atoms with Crippen LogP contribution < -0.4 is 5.32 Å². The lowest BCUT2D eigenvalue weighted by molar-refractivity contribution is 0.0924. The molecular formula is C7H9N5O. The van der Waals surface area contributed by atoms with Crippen molar-refractivity contribution in [3.63, 3.8) is 0 Å². The summed E-state index contributed by atoms with van der Waals surface area (Å²) >= 11 is 0. The summed E-state index contributed by atoms with van der Waals surface area (Å²) < 4.78 is 0. The van der Waals surface area contributed by atoms with Gasteiger partial charge in [0.1, 0.15) is 5.54 Å². The maximum absolute atomic E-state index is 11.3. The summed E-state index contributed by atoms with van der Waals surface area (Å²) in [5.74, 6) is -0.416. The minimum Gasteiger partial charge on any atom is -0.333 e. The second-order valence-electron chi connectivity index (χ2n) is 3.05. The molecule has 0 fully saturated rings. The predicted molar refractivity (Wildman–Crippen MR) is 43.5 cm³/mol. The number of carbonyl (C=O) groups is 1. The second-order valence-corrected chi connectivity index (χ2v) is 3.05. The summed E-state index contributed by atoms with van der Waals surface area (Å²) in [5.41, 5.74) is -0.723. The Morgan fingerprint density at radius 3 is 2.92 bits per heavy atom. The first kappa shape index (κ1) is 9.19. The van der Waals surface area contributed by atoms with Gasteiger partial charge in [-0.25, -0.2) is 0 Å². The highest BCUT2D eigenvalue weighted by molar-refractivity contribution is 5.92. The second kappa shape index (κ2) is 3.23. The Balaban J connectivity index is 2.68. The van der Waals surface area contributed by atoms with Gasteiger partial charge in [-0.05, 0) is 13.8 Å². The molecule has 0 aliphatic rings. The maximum atomic E-state index is 11.3. The molecule has 0 spiro atoms. The predicted octanol–water partition coefficient (Wildman–Crippen LogP) is -0.163. The average molecular weight is 179 g/mol. The number of nitrogens with zero attached hydrogens (tertiary/aromatic N) is 3. The first-order valence-electron chi connectivity index (χ1n) is 3.65. The molecule has 1 aromatic rings. The van der Waals surface area contributed by atoms with Crippen molar-refractivity contribution in [1.29, 1.82) is 5.26 Å². The summed E-state index contributed by atoms with van der Waals surface area (Å²) in [5, 5.41) is 20.5. The number of aromatic nitrogens is 3. The quantitative estimate of drug-likeness (QED) is 0.659. The van der Waals surface area contributed by atoms with Crippen molar-refractivity contribution in [3.8, 4) is 6.07 Å². The maximum Gasteiger partial charge on any atom is 0.274 e. The van der Waals surface area contributed by atoms with Crippen LogP contribution in [-0.2, 0) is 0 Å². The zero-order chi connectivity index (χ0) is 9.90. The van der Waals surface area contributed by atoms with Gasteiger partial charge in [-0.3, -0.25) is 4.79 Å². The molecule has 1 aromatic heterocycles. The van der Waals surface area contributed by atoms with Crippen LogP contribution in [0.25, 0.3) is 0 Å². The Morgan fingerprint density at radius 2 is 2.46 bits per heavy atom. The molecule has 0 radical (unpaired) electrons. The number of amides is 1. The minimum atomic E-state index is -0.893. The van der Waals surface area contributed by atoms with Gasteiger partial charge < -0.3 is 5.32 Å². The zero-order valence-corrected chi connectivity index (χ0v) is 7.33. The number of carbonyl (C=O) groups excluding carboxylic acids is 1. The summed E-state index contributed by atoms with van der Waals surface area (Å²) in [7, 11) is 0. The van der Waals surface area contributed by atoms with E-state index in [2.05, 4.69) is 20.7 Å². The Kier molecular flexibility index (Phi) is 2.28. The smallest absolute Gasteiger partial charge is 0.274 e. The Morgan fingerprint density at radius 1 is 1.77 bits per heavy atom. The van der Waals surface area contributed by atoms with Crippen molar-refractivity contribution in [3.05, 3.63) is 11.9 Å². The van der Waals surface area contributed by atoms with Gasteiger partial charge in [-0.2, -0.15) is 20.7 Å². The molecule has 0 saturated carbocycles. The van der Waals surface area contributed by atoms with E-state index in [1.54, 1.807) is 13.8 Å². The molecule has 1 amide bonds. The van der Waals surface area contributed by atoms with Crippen LogP contribution in [0, 0.1) is 11.3 Å². The molecule has 1 heterocycles. The Hall–Kier alpha value is -1.90. The third kappa shape index (κ3) is 2.27. The molecule has 0 atom stereocenters. The van der Waals surface area contributed by atoms with Crippen molar-refractivity contribution in [1.82, 2.24) is 20.7 Å². The van der Waals surface area contributed by atoms with Crippen LogP contribution in [0.15, 0.2) is 6.20 Å². The largest absolute Gasteiger partial charge is 0.333 e. The first-order valence-corrected chi connectivity index (χ1v) is 3.65. The third-order valence-electron chi connectivity index (χ3n) is 1.35. The van der Waals surface area contributed by atoms with E-state index >= 15 is 0 Å². The van der Waals surface area contributed by atoms with Gasteiger partial charge in [-0.15, -0.1) is 0 Å². The van der Waals surface area contributed by atoms with Crippen molar-refractivity contribution in [2.75, 3.05) is 0 Å². The highest BCUT2D eigenvalue weighted by Gasteiger charge is 2.21. The van der Waals surface area contributed by atoms with Crippen LogP contribution in [0.1, 0.15) is 24.3 Å². The molecule has 68 valence electrons. The molecular weight excluding hydrogens is 170 g/mol. The zero-order valence-electron chi connectivity index (χ0n) is 7.33. The van der Waals surface area contributed by atoms with Gasteiger partial charge in [0.15, 0.2) is 5.69 Å². The van der Waals surface area contributed by atoms with Crippen LogP contribution in [0.3, 0.4) is 0 Å². The van der Waals surface area contributed by atoms with E-state index in [9.17, 15) is 4.79 Å². The molecule has 0 unspecified atom stereocenters.